The predicted octanol–water partition coefficient (Wildman–Crippen LogP) is 1.73. The summed E-state index contributed by atoms with van der Waals surface area (Å²) in [5.74, 6) is -0.756. The minimum atomic E-state index is -3.27. The first-order valence-corrected chi connectivity index (χ1v) is 8.24. The minimum absolute atomic E-state index is 0.0757. The summed E-state index contributed by atoms with van der Waals surface area (Å²) in [4.78, 5) is 11.2. The highest BCUT2D eigenvalue weighted by Crippen LogP contribution is 2.25. The third-order valence-electron chi connectivity index (χ3n) is 3.40. The number of benzene rings is 1. The van der Waals surface area contributed by atoms with Gasteiger partial charge < -0.3 is 5.11 Å². The van der Waals surface area contributed by atoms with Crippen molar-refractivity contribution in [3.63, 3.8) is 0 Å². The van der Waals surface area contributed by atoms with E-state index in [1.165, 1.54) is 4.31 Å². The lowest BCUT2D eigenvalue weighted by atomic mass is 9.95. The van der Waals surface area contributed by atoms with Crippen LogP contribution in [0, 0.1) is 5.92 Å². The van der Waals surface area contributed by atoms with Crippen LogP contribution in [0.25, 0.3) is 0 Å². The van der Waals surface area contributed by atoms with E-state index < -0.39 is 16.0 Å². The van der Waals surface area contributed by atoms with E-state index in [0.717, 1.165) is 11.1 Å². The second-order valence-corrected chi connectivity index (χ2v) is 7.52. The number of carboxylic acid groups (broad SMARTS) is 1. The van der Waals surface area contributed by atoms with Crippen LogP contribution in [0.2, 0.25) is 0 Å². The predicted molar refractivity (Wildman–Crippen MR) is 76.1 cm³/mol. The van der Waals surface area contributed by atoms with Crippen molar-refractivity contribution in [2.24, 2.45) is 5.92 Å². The van der Waals surface area contributed by atoms with Crippen molar-refractivity contribution in [2.45, 2.75) is 26.8 Å². The van der Waals surface area contributed by atoms with Crippen molar-refractivity contribution >= 4 is 16.0 Å². The normalized spacial score (nSPS) is 16.1. The lowest BCUT2D eigenvalue weighted by Crippen LogP contribution is -2.38. The third kappa shape index (κ3) is 3.02. The maximum absolute atomic E-state index is 12.2. The van der Waals surface area contributed by atoms with Crippen LogP contribution in [-0.2, 0) is 23.0 Å². The Morgan fingerprint density at radius 3 is 2.70 bits per heavy atom. The second kappa shape index (κ2) is 5.54. The van der Waals surface area contributed by atoms with Crippen LogP contribution in [0.1, 0.15) is 35.3 Å². The lowest BCUT2D eigenvalue weighted by Gasteiger charge is -2.29. The molecule has 1 N–H and O–H groups in total. The summed E-state index contributed by atoms with van der Waals surface area (Å²) in [6, 6.07) is 5.04. The van der Waals surface area contributed by atoms with E-state index in [2.05, 4.69) is 0 Å². The molecule has 1 heterocycles. The van der Waals surface area contributed by atoms with E-state index in [-0.39, 0.29) is 23.8 Å². The standard InChI is InChI=1S/C14H19NO4S/c1-10(2)9-20(18,19)15-7-6-12-11(8-15)4-3-5-13(12)14(16)17/h3-5,10H,6-9H2,1-2H3,(H,16,17). The van der Waals surface area contributed by atoms with Crippen LogP contribution in [0.4, 0.5) is 0 Å². The summed E-state index contributed by atoms with van der Waals surface area (Å²) < 4.78 is 25.9. The molecule has 0 atom stereocenters. The molecule has 0 aliphatic carbocycles. The molecule has 0 fully saturated rings. The summed E-state index contributed by atoms with van der Waals surface area (Å²) in [6.45, 7) is 4.37. The van der Waals surface area contributed by atoms with Crippen LogP contribution < -0.4 is 0 Å². The van der Waals surface area contributed by atoms with Crippen molar-refractivity contribution in [1.82, 2.24) is 4.31 Å². The van der Waals surface area contributed by atoms with E-state index in [9.17, 15) is 13.2 Å². The molecule has 110 valence electrons. The van der Waals surface area contributed by atoms with Crippen molar-refractivity contribution in [1.29, 1.82) is 0 Å². The van der Waals surface area contributed by atoms with Crippen LogP contribution in [0.3, 0.4) is 0 Å². The second-order valence-electron chi connectivity index (χ2n) is 5.50. The van der Waals surface area contributed by atoms with E-state index in [1.807, 2.05) is 13.8 Å². The Balaban J connectivity index is 2.29. The fourth-order valence-electron chi connectivity index (χ4n) is 2.55. The van der Waals surface area contributed by atoms with Gasteiger partial charge in [0.05, 0.1) is 11.3 Å². The molecule has 1 aliphatic heterocycles. The molecule has 0 saturated carbocycles. The SMILES string of the molecule is CC(C)CS(=O)(=O)N1CCc2c(cccc2C(=O)O)C1. The van der Waals surface area contributed by atoms with Gasteiger partial charge in [-0.25, -0.2) is 13.2 Å². The van der Waals surface area contributed by atoms with Gasteiger partial charge in [0, 0.05) is 13.1 Å². The van der Waals surface area contributed by atoms with Gasteiger partial charge in [-0.3, -0.25) is 0 Å². The van der Waals surface area contributed by atoms with Gasteiger partial charge in [-0.2, -0.15) is 4.31 Å². The first-order valence-electron chi connectivity index (χ1n) is 6.63. The maximum Gasteiger partial charge on any atom is 0.335 e. The molecule has 2 rings (SSSR count). The van der Waals surface area contributed by atoms with Gasteiger partial charge in [0.1, 0.15) is 0 Å². The number of hydrogen-bond acceptors (Lipinski definition) is 3. The van der Waals surface area contributed by atoms with Crippen molar-refractivity contribution in [3.05, 3.63) is 34.9 Å². The van der Waals surface area contributed by atoms with Crippen LogP contribution in [-0.4, -0.2) is 36.1 Å². The molecule has 1 aliphatic rings. The van der Waals surface area contributed by atoms with Gasteiger partial charge in [-0.05, 0) is 29.5 Å². The lowest BCUT2D eigenvalue weighted by molar-refractivity contribution is 0.0695. The van der Waals surface area contributed by atoms with E-state index in [0.29, 0.717) is 13.0 Å². The van der Waals surface area contributed by atoms with Gasteiger partial charge in [-0.1, -0.05) is 26.0 Å². The van der Waals surface area contributed by atoms with Crippen molar-refractivity contribution in [2.75, 3.05) is 12.3 Å². The summed E-state index contributed by atoms with van der Waals surface area (Å²) in [5.41, 5.74) is 1.84. The molecular weight excluding hydrogens is 278 g/mol. The Hall–Kier alpha value is -1.40. The zero-order valence-corrected chi connectivity index (χ0v) is 12.5. The molecule has 0 unspecified atom stereocenters. The average molecular weight is 297 g/mol. The fraction of sp³-hybridized carbons (Fsp3) is 0.500. The first-order chi connectivity index (χ1) is 9.31. The Bertz CT molecular complexity index is 622. The summed E-state index contributed by atoms with van der Waals surface area (Å²) in [5, 5.41) is 9.15. The molecule has 20 heavy (non-hydrogen) atoms. The monoisotopic (exact) mass is 297 g/mol. The van der Waals surface area contributed by atoms with E-state index >= 15 is 0 Å². The number of carbonyl (C=O) groups is 1. The molecule has 6 heteroatoms. The number of sulfonamides is 1. The number of nitrogens with zero attached hydrogens (tertiary/aromatic N) is 1. The molecule has 0 saturated heterocycles. The first kappa shape index (κ1) is 15.0. The van der Waals surface area contributed by atoms with E-state index in [1.54, 1.807) is 18.2 Å². The maximum atomic E-state index is 12.2. The zero-order valence-electron chi connectivity index (χ0n) is 11.7. The molecule has 0 amide bonds. The number of hydrogen-bond donors (Lipinski definition) is 1. The van der Waals surface area contributed by atoms with E-state index in [4.69, 9.17) is 5.11 Å². The Morgan fingerprint density at radius 1 is 1.40 bits per heavy atom. The minimum Gasteiger partial charge on any atom is -0.478 e. The van der Waals surface area contributed by atoms with Crippen LogP contribution in [0.15, 0.2) is 18.2 Å². The van der Waals surface area contributed by atoms with Gasteiger partial charge in [0.25, 0.3) is 0 Å². The highest BCUT2D eigenvalue weighted by atomic mass is 32.2. The Kier molecular flexibility index (Phi) is 4.15. The van der Waals surface area contributed by atoms with Crippen LogP contribution in [0.5, 0.6) is 0 Å². The molecule has 1 aromatic rings. The topological polar surface area (TPSA) is 74.7 Å². The molecule has 5 nitrogen and oxygen atoms in total. The van der Waals surface area contributed by atoms with Crippen molar-refractivity contribution < 1.29 is 18.3 Å². The molecule has 0 aromatic heterocycles. The van der Waals surface area contributed by atoms with Gasteiger partial charge in [-0.15, -0.1) is 0 Å². The summed E-state index contributed by atoms with van der Waals surface area (Å²) in [6.07, 6.45) is 0.454. The third-order valence-corrected chi connectivity index (χ3v) is 5.59. The number of carboxylic acids is 1. The molecule has 0 bridgehead atoms. The Morgan fingerprint density at radius 2 is 2.10 bits per heavy atom. The number of aromatic carboxylic acids is 1. The molecule has 0 radical (unpaired) electrons. The summed E-state index contributed by atoms with van der Waals surface area (Å²) >= 11 is 0. The number of rotatable bonds is 4. The average Bonchev–Trinajstić information content (AvgIpc) is 2.35. The zero-order chi connectivity index (χ0) is 14.9. The quantitative estimate of drug-likeness (QED) is 0.918. The smallest absolute Gasteiger partial charge is 0.335 e. The highest BCUT2D eigenvalue weighted by molar-refractivity contribution is 7.89. The Labute approximate surface area is 119 Å². The number of fused-ring (bicyclic) bond motifs is 1. The van der Waals surface area contributed by atoms with Crippen molar-refractivity contribution in [3.8, 4) is 0 Å². The highest BCUT2D eigenvalue weighted by Gasteiger charge is 2.29. The largest absolute Gasteiger partial charge is 0.478 e. The molecular formula is C14H19NO4S. The molecule has 1 aromatic carbocycles. The van der Waals surface area contributed by atoms with Gasteiger partial charge in [0.2, 0.25) is 10.0 Å². The fourth-order valence-corrected chi connectivity index (χ4v) is 4.31. The van der Waals surface area contributed by atoms with Gasteiger partial charge in [0.15, 0.2) is 0 Å². The summed E-state index contributed by atoms with van der Waals surface area (Å²) in [7, 11) is -3.27. The van der Waals surface area contributed by atoms with Crippen LogP contribution >= 0.6 is 0 Å². The molecule has 0 spiro atoms. The van der Waals surface area contributed by atoms with Gasteiger partial charge >= 0.3 is 5.97 Å².